The van der Waals surface area contributed by atoms with Gasteiger partial charge >= 0.3 is 0 Å². The molecule has 1 amide bonds. The second kappa shape index (κ2) is 9.67. The van der Waals surface area contributed by atoms with E-state index in [1.165, 1.54) is 5.56 Å². The van der Waals surface area contributed by atoms with Crippen LogP contribution < -0.4 is 5.32 Å². The molecule has 0 bridgehead atoms. The zero-order valence-electron chi connectivity index (χ0n) is 16.3. The van der Waals surface area contributed by atoms with Gasteiger partial charge in [-0.2, -0.15) is 5.10 Å². The van der Waals surface area contributed by atoms with E-state index < -0.39 is 0 Å². The van der Waals surface area contributed by atoms with E-state index in [-0.39, 0.29) is 5.91 Å². The molecule has 1 saturated heterocycles. The van der Waals surface area contributed by atoms with Crippen LogP contribution in [-0.4, -0.2) is 53.4 Å². The summed E-state index contributed by atoms with van der Waals surface area (Å²) in [6, 6.07) is 12.8. The lowest BCUT2D eigenvalue weighted by molar-refractivity contribution is -0.116. The van der Waals surface area contributed by atoms with Crippen molar-refractivity contribution in [3.8, 4) is 0 Å². The van der Waals surface area contributed by atoms with Crippen molar-refractivity contribution in [1.82, 2.24) is 14.7 Å². The molecule has 3 rings (SSSR count). The number of ether oxygens (including phenoxy) is 1. The lowest BCUT2D eigenvalue weighted by Gasteiger charge is -2.36. The van der Waals surface area contributed by atoms with Gasteiger partial charge in [0.25, 0.3) is 0 Å². The van der Waals surface area contributed by atoms with E-state index in [9.17, 15) is 4.79 Å². The van der Waals surface area contributed by atoms with Gasteiger partial charge in [-0.1, -0.05) is 30.3 Å². The largest absolute Gasteiger partial charge is 0.383 e. The van der Waals surface area contributed by atoms with Gasteiger partial charge in [0.15, 0.2) is 0 Å². The molecule has 1 aliphatic rings. The normalized spacial score (nSPS) is 17.0. The minimum Gasteiger partial charge on any atom is -0.383 e. The zero-order valence-corrected chi connectivity index (χ0v) is 16.3. The minimum atomic E-state index is 0.0340. The molecule has 1 atom stereocenters. The van der Waals surface area contributed by atoms with Crippen LogP contribution in [0.1, 0.15) is 37.8 Å². The average Bonchev–Trinajstić information content (AvgIpc) is 3.15. The Balaban J connectivity index is 1.51. The highest BCUT2D eigenvalue weighted by molar-refractivity contribution is 5.89. The Labute approximate surface area is 161 Å². The summed E-state index contributed by atoms with van der Waals surface area (Å²) >= 11 is 0. The summed E-state index contributed by atoms with van der Waals surface area (Å²) in [5.74, 6) is 0.836. The fourth-order valence-electron chi connectivity index (χ4n) is 3.73. The minimum absolute atomic E-state index is 0.0340. The van der Waals surface area contributed by atoms with Crippen LogP contribution >= 0.6 is 0 Å². The maximum absolute atomic E-state index is 12.4. The summed E-state index contributed by atoms with van der Waals surface area (Å²) in [5, 5.41) is 7.52. The fourth-order valence-corrected chi connectivity index (χ4v) is 3.73. The number of methoxy groups -OCH3 is 1. The molecule has 1 unspecified atom stereocenters. The summed E-state index contributed by atoms with van der Waals surface area (Å²) in [6.07, 6.45) is 5.05. The molecular weight excluding hydrogens is 340 g/mol. The molecule has 0 aliphatic carbocycles. The molecule has 2 aromatic rings. The number of piperidine rings is 1. The summed E-state index contributed by atoms with van der Waals surface area (Å²) in [4.78, 5) is 14.8. The van der Waals surface area contributed by atoms with E-state index in [4.69, 9.17) is 4.74 Å². The van der Waals surface area contributed by atoms with Gasteiger partial charge in [0.2, 0.25) is 5.91 Å². The highest BCUT2D eigenvalue weighted by atomic mass is 16.5. The number of hydrogen-bond acceptors (Lipinski definition) is 4. The summed E-state index contributed by atoms with van der Waals surface area (Å²) in [5.41, 5.74) is 1.18. The summed E-state index contributed by atoms with van der Waals surface area (Å²) in [7, 11) is 1.75. The molecule has 0 saturated carbocycles. The first-order chi connectivity index (χ1) is 13.2. The molecule has 0 spiro atoms. The van der Waals surface area contributed by atoms with Crippen molar-refractivity contribution in [1.29, 1.82) is 0 Å². The standard InChI is InChI=1S/C21H30N4O2/c1-17(16-27-2)24-14-11-19(12-15-24)25-20(10-13-22-25)23-21(26)9-8-18-6-4-3-5-7-18/h3-7,10,13,17,19H,8-9,11-12,14-16H2,1-2H3,(H,23,26). The summed E-state index contributed by atoms with van der Waals surface area (Å²) < 4.78 is 7.25. The van der Waals surface area contributed by atoms with E-state index in [1.54, 1.807) is 13.3 Å². The maximum Gasteiger partial charge on any atom is 0.225 e. The smallest absolute Gasteiger partial charge is 0.225 e. The van der Waals surface area contributed by atoms with Gasteiger partial charge in [0.05, 0.1) is 18.8 Å². The number of carbonyl (C=O) groups excluding carboxylic acids is 1. The molecular formula is C21H30N4O2. The van der Waals surface area contributed by atoms with Crippen LogP contribution in [0.4, 0.5) is 5.82 Å². The quantitative estimate of drug-likeness (QED) is 0.776. The Bertz CT molecular complexity index is 708. The molecule has 1 aromatic heterocycles. The van der Waals surface area contributed by atoms with E-state index >= 15 is 0 Å². The second-order valence-corrected chi connectivity index (χ2v) is 7.27. The first kappa shape index (κ1) is 19.6. The molecule has 1 N–H and O–H groups in total. The van der Waals surface area contributed by atoms with Gasteiger partial charge < -0.3 is 10.1 Å². The number of benzene rings is 1. The van der Waals surface area contributed by atoms with Crippen molar-refractivity contribution in [2.45, 2.75) is 44.7 Å². The third-order valence-electron chi connectivity index (χ3n) is 5.30. The predicted molar refractivity (Wildman–Crippen MR) is 107 cm³/mol. The number of hydrogen-bond donors (Lipinski definition) is 1. The average molecular weight is 370 g/mol. The Morgan fingerprint density at radius 2 is 2.00 bits per heavy atom. The van der Waals surface area contributed by atoms with Crippen molar-refractivity contribution < 1.29 is 9.53 Å². The Hall–Kier alpha value is -2.18. The second-order valence-electron chi connectivity index (χ2n) is 7.27. The van der Waals surface area contributed by atoms with Crippen LogP contribution in [0, 0.1) is 0 Å². The van der Waals surface area contributed by atoms with Gasteiger partial charge in [0, 0.05) is 38.7 Å². The van der Waals surface area contributed by atoms with E-state index in [2.05, 4.69) is 34.4 Å². The lowest BCUT2D eigenvalue weighted by Crippen LogP contribution is -2.42. The van der Waals surface area contributed by atoms with Crippen molar-refractivity contribution in [2.75, 3.05) is 32.1 Å². The Kier molecular flexibility index (Phi) is 7.01. The highest BCUT2D eigenvalue weighted by Gasteiger charge is 2.25. The number of nitrogens with zero attached hydrogens (tertiary/aromatic N) is 3. The highest BCUT2D eigenvalue weighted by Crippen LogP contribution is 2.26. The fraction of sp³-hybridized carbons (Fsp3) is 0.524. The molecule has 146 valence electrons. The van der Waals surface area contributed by atoms with Crippen molar-refractivity contribution in [3.05, 3.63) is 48.2 Å². The number of amides is 1. The van der Waals surface area contributed by atoms with Crippen LogP contribution in [0.2, 0.25) is 0 Å². The van der Waals surface area contributed by atoms with Crippen molar-refractivity contribution >= 4 is 11.7 Å². The van der Waals surface area contributed by atoms with Crippen LogP contribution in [0.3, 0.4) is 0 Å². The topological polar surface area (TPSA) is 59.4 Å². The number of anilines is 1. The van der Waals surface area contributed by atoms with Crippen molar-refractivity contribution in [3.63, 3.8) is 0 Å². The van der Waals surface area contributed by atoms with Crippen LogP contribution in [-0.2, 0) is 16.0 Å². The van der Waals surface area contributed by atoms with Gasteiger partial charge in [-0.25, -0.2) is 4.68 Å². The maximum atomic E-state index is 12.4. The van der Waals surface area contributed by atoms with Gasteiger partial charge in [0.1, 0.15) is 5.82 Å². The first-order valence-electron chi connectivity index (χ1n) is 9.77. The number of aromatic nitrogens is 2. The number of rotatable bonds is 8. The monoisotopic (exact) mass is 370 g/mol. The zero-order chi connectivity index (χ0) is 19.1. The molecule has 1 fully saturated rings. The number of aryl methyl sites for hydroxylation is 1. The Morgan fingerprint density at radius 3 is 2.70 bits per heavy atom. The van der Waals surface area contributed by atoms with Crippen LogP contribution in [0.15, 0.2) is 42.6 Å². The SMILES string of the molecule is COCC(C)N1CCC(n2nccc2NC(=O)CCc2ccccc2)CC1. The van der Waals surface area contributed by atoms with Crippen molar-refractivity contribution in [2.24, 2.45) is 0 Å². The van der Waals surface area contributed by atoms with E-state index in [1.807, 2.05) is 28.9 Å². The van der Waals surface area contributed by atoms with Crippen LogP contribution in [0.5, 0.6) is 0 Å². The molecule has 1 aliphatic heterocycles. The van der Waals surface area contributed by atoms with Gasteiger partial charge in [-0.15, -0.1) is 0 Å². The van der Waals surface area contributed by atoms with Gasteiger partial charge in [-0.3, -0.25) is 9.69 Å². The van der Waals surface area contributed by atoms with Crippen LogP contribution in [0.25, 0.3) is 0 Å². The first-order valence-corrected chi connectivity index (χ1v) is 9.77. The van der Waals surface area contributed by atoms with Gasteiger partial charge in [-0.05, 0) is 31.7 Å². The van der Waals surface area contributed by atoms with E-state index in [0.29, 0.717) is 18.5 Å². The Morgan fingerprint density at radius 1 is 1.26 bits per heavy atom. The molecule has 0 radical (unpaired) electrons. The molecule has 2 heterocycles. The summed E-state index contributed by atoms with van der Waals surface area (Å²) in [6.45, 7) is 5.01. The number of carbonyl (C=O) groups is 1. The number of likely N-dealkylation sites (tertiary alicyclic amines) is 1. The predicted octanol–water partition coefficient (Wildman–Crippen LogP) is 3.13. The molecule has 6 nitrogen and oxygen atoms in total. The third-order valence-corrected chi connectivity index (χ3v) is 5.30. The number of nitrogens with one attached hydrogen (secondary N) is 1. The molecule has 1 aromatic carbocycles. The molecule has 27 heavy (non-hydrogen) atoms. The van der Waals surface area contributed by atoms with E-state index in [0.717, 1.165) is 44.8 Å². The lowest BCUT2D eigenvalue weighted by atomic mass is 10.0. The third kappa shape index (κ3) is 5.40. The molecule has 6 heteroatoms.